The molecule has 18 N–H and O–H groups in total. The first-order valence-corrected chi connectivity index (χ1v) is 44.1. The quantitative estimate of drug-likeness (QED) is 0.0282. The smallest absolute Gasteiger partial charge is 0.325 e. The fourth-order valence-electron chi connectivity index (χ4n) is 19.5. The molecule has 0 radical (unpaired) electrons. The molecule has 6 aromatic rings. The molecule has 127 heavy (non-hydrogen) atoms. The maximum atomic E-state index is 16.8. The van der Waals surface area contributed by atoms with Crippen molar-refractivity contribution in [3.63, 3.8) is 0 Å². The van der Waals surface area contributed by atoms with Gasteiger partial charge in [-0.05, 0) is 214 Å². The van der Waals surface area contributed by atoms with E-state index in [0.717, 1.165) is 75.4 Å². The number of phenols is 3. The lowest BCUT2D eigenvalue weighted by atomic mass is 9.51. The van der Waals surface area contributed by atoms with Crippen molar-refractivity contribution in [2.24, 2.45) is 53.1 Å². The number of aliphatic hydroxyl groups is 6. The van der Waals surface area contributed by atoms with E-state index in [4.69, 9.17) is 62.1 Å². The Balaban J connectivity index is 0.946. The van der Waals surface area contributed by atoms with Crippen molar-refractivity contribution < 1.29 is 122 Å². The Labute approximate surface area is 742 Å². The Morgan fingerprint density at radius 3 is 1.96 bits per heavy atom. The zero-order valence-corrected chi connectivity index (χ0v) is 72.5. The second-order valence-electron chi connectivity index (χ2n) is 35.7. The normalized spacial score (nSPS) is 30.2. The van der Waals surface area contributed by atoms with Crippen molar-refractivity contribution in [1.82, 2.24) is 31.9 Å². The van der Waals surface area contributed by atoms with Crippen molar-refractivity contribution in [1.29, 1.82) is 0 Å². The molecule has 7 aliphatic heterocycles. The van der Waals surface area contributed by atoms with E-state index in [1.54, 1.807) is 19.1 Å². The van der Waals surface area contributed by atoms with Crippen LogP contribution in [0.15, 0.2) is 103 Å². The number of carbonyl (C=O) groups excluding carboxylic acids is 9. The van der Waals surface area contributed by atoms with Gasteiger partial charge in [-0.25, -0.2) is 4.79 Å². The van der Waals surface area contributed by atoms with Crippen molar-refractivity contribution in [3.8, 4) is 62.9 Å². The number of phenolic OH excluding ortho intramolecular Hbond substituents is 3. The number of hydrogen-bond donors (Lipinski definition) is 17. The molecular formula is C92H110Cl2N8O25. The van der Waals surface area contributed by atoms with Crippen LogP contribution >= 0.6 is 23.2 Å². The molecule has 4 aliphatic carbocycles. The highest BCUT2D eigenvalue weighted by Gasteiger charge is 2.53. The first-order chi connectivity index (χ1) is 60.5. The molecule has 0 unspecified atom stereocenters. The van der Waals surface area contributed by atoms with Gasteiger partial charge in [-0.15, -0.1) is 0 Å². The highest BCUT2D eigenvalue weighted by Crippen LogP contribution is 2.59. The first kappa shape index (κ1) is 93.1. The number of amides is 7. The maximum absolute atomic E-state index is 16.8. The number of ether oxygens (including phenoxy) is 7. The van der Waals surface area contributed by atoms with Crippen LogP contribution in [0.2, 0.25) is 10.0 Å². The zero-order valence-electron chi connectivity index (χ0n) is 71.0. The van der Waals surface area contributed by atoms with E-state index in [1.807, 2.05) is 20.8 Å². The third-order valence-corrected chi connectivity index (χ3v) is 26.5. The fourth-order valence-corrected chi connectivity index (χ4v) is 20.0. The average Bonchev–Trinajstić information content (AvgIpc) is 0.757. The highest BCUT2D eigenvalue weighted by molar-refractivity contribution is 6.32. The molecule has 7 heterocycles. The minimum absolute atomic E-state index is 0.0566. The second-order valence-corrected chi connectivity index (χ2v) is 36.5. The number of aromatic hydroxyl groups is 3. The van der Waals surface area contributed by atoms with Gasteiger partial charge in [0.05, 0.1) is 40.7 Å². The van der Waals surface area contributed by atoms with Crippen LogP contribution in [-0.2, 0) is 52.6 Å². The third kappa shape index (κ3) is 20.8. The van der Waals surface area contributed by atoms with Gasteiger partial charge in [0.1, 0.15) is 95.8 Å². The van der Waals surface area contributed by atoms with E-state index in [0.29, 0.717) is 37.2 Å². The van der Waals surface area contributed by atoms with Crippen LogP contribution in [0.25, 0.3) is 11.1 Å². The molecule has 6 aromatic carbocycles. The van der Waals surface area contributed by atoms with E-state index in [2.05, 4.69) is 37.2 Å². The summed E-state index contributed by atoms with van der Waals surface area (Å²) in [5, 5.41) is 125. The van der Waals surface area contributed by atoms with Gasteiger partial charge in [0, 0.05) is 73.0 Å². The molecule has 0 aromatic heterocycles. The second kappa shape index (κ2) is 39.5. The van der Waals surface area contributed by atoms with Crippen LogP contribution in [0.3, 0.4) is 0 Å². The number of imide groups is 1. The Morgan fingerprint density at radius 2 is 1.34 bits per heavy atom. The Bertz CT molecular complexity index is 5110. The molecule has 2 saturated heterocycles. The topological polar surface area (TPSA) is 511 Å². The van der Waals surface area contributed by atoms with Crippen molar-refractivity contribution in [2.75, 3.05) is 31.6 Å². The van der Waals surface area contributed by atoms with Crippen LogP contribution in [0, 0.1) is 47.3 Å². The molecule has 7 amide bonds. The van der Waals surface area contributed by atoms with Crippen LogP contribution in [0.4, 0.5) is 10.5 Å². The zero-order chi connectivity index (χ0) is 90.9. The van der Waals surface area contributed by atoms with E-state index in [-0.39, 0.29) is 104 Å². The van der Waals surface area contributed by atoms with E-state index < -0.39 is 228 Å². The largest absolute Gasteiger partial charge is 0.508 e. The summed E-state index contributed by atoms with van der Waals surface area (Å²) in [6.07, 6.45) is -14.8. The number of urea groups is 1. The number of benzene rings is 6. The van der Waals surface area contributed by atoms with Crippen molar-refractivity contribution in [3.05, 3.63) is 141 Å². The lowest BCUT2D eigenvalue weighted by Crippen LogP contribution is -2.64. The van der Waals surface area contributed by atoms with E-state index in [1.165, 1.54) is 74.5 Å². The molecule has 33 nitrogen and oxygen atoms in total. The Morgan fingerprint density at radius 1 is 0.685 bits per heavy atom. The number of halogens is 2. The summed E-state index contributed by atoms with van der Waals surface area (Å²) in [6.45, 7) is 11.3. The lowest BCUT2D eigenvalue weighted by Gasteiger charge is -2.54. The molecule has 682 valence electrons. The van der Waals surface area contributed by atoms with Gasteiger partial charge in [-0.3, -0.25) is 43.7 Å². The average molecular weight is 1800 g/mol. The number of carbonyl (C=O) groups is 9. The summed E-state index contributed by atoms with van der Waals surface area (Å²) in [5.74, 6) is -15.9. The lowest BCUT2D eigenvalue weighted by molar-refractivity contribution is -0.333. The minimum Gasteiger partial charge on any atom is -0.508 e. The number of hydrogen-bond acceptors (Lipinski definition) is 27. The van der Waals surface area contributed by atoms with Gasteiger partial charge < -0.3 is 117 Å². The Kier molecular flexibility index (Phi) is 28.9. The predicted octanol–water partition coefficient (Wildman–Crippen LogP) is 8.71. The number of aliphatic hydroxyl groups excluding tert-OH is 6. The number of anilines is 1. The molecule has 6 fully saturated rings. The molecule has 35 heteroatoms. The molecule has 11 aliphatic rings. The number of nitrogens with two attached hydrogens (primary N) is 1. The van der Waals surface area contributed by atoms with Crippen LogP contribution in [-0.4, -0.2) is 192 Å². The first-order valence-electron chi connectivity index (χ1n) is 43.3. The van der Waals surface area contributed by atoms with Gasteiger partial charge in [-0.1, -0.05) is 69.1 Å². The SMILES string of the molecule is CCCNCCOc1ccc(NC(=O)NC(=O)C[C@@H]2CC(=O)[C@H](NC(=O)[C@H](CC)CC(C)C)[C@H](O)c3ccc(c(Cl)c3)Oc3cc4cc(c3O[C@@H]3O[C@H](CO)[C@@H](O)[C@H](O)[C@H]3O[C@H]3C[C@](C)(N)[C@H](O)[C@H](C)O3)Oc3ccc(cc3Cl)[C@@H](O)[C@@H]3NC(=O)[C@H](CC(=O)[C@@H]4NC2=O)c2ccc(O)c(c2)-c2c(O)cc(O)cc2[C@@H](C(=O)CC2C4CC5CC(C4)CC2C5)NC3=O)cc1. The monoisotopic (exact) mass is 1800 g/mol. The number of ketones is 3. The summed E-state index contributed by atoms with van der Waals surface area (Å²) in [5.41, 5.74) is 3.70. The number of fused-ring (bicyclic) bond motifs is 15. The van der Waals surface area contributed by atoms with Crippen LogP contribution in [0.1, 0.15) is 183 Å². The predicted molar refractivity (Wildman–Crippen MR) is 458 cm³/mol. The van der Waals surface area contributed by atoms with Crippen LogP contribution < -0.4 is 61.9 Å². The van der Waals surface area contributed by atoms with Gasteiger partial charge in [0.25, 0.3) is 0 Å². The summed E-state index contributed by atoms with van der Waals surface area (Å²) in [7, 11) is 0. The molecule has 18 atom stereocenters. The third-order valence-electron chi connectivity index (χ3n) is 25.9. The van der Waals surface area contributed by atoms with E-state index in [9.17, 15) is 60.3 Å². The van der Waals surface area contributed by atoms with Crippen molar-refractivity contribution >= 4 is 81.8 Å². The number of rotatable bonds is 22. The molecule has 15 bridgehead atoms. The highest BCUT2D eigenvalue weighted by atomic mass is 35.5. The summed E-state index contributed by atoms with van der Waals surface area (Å²) in [6, 6.07) is 12.1. The molecule has 0 spiro atoms. The number of nitrogens with one attached hydrogen (secondary N) is 7. The van der Waals surface area contributed by atoms with Gasteiger partial charge in [-0.2, -0.15) is 0 Å². The van der Waals surface area contributed by atoms with Crippen LogP contribution in [0.5, 0.6) is 51.7 Å². The van der Waals surface area contributed by atoms with Gasteiger partial charge in [0.15, 0.2) is 41.2 Å². The molecule has 4 saturated carbocycles. The van der Waals surface area contributed by atoms with Gasteiger partial charge >= 0.3 is 6.03 Å². The standard InChI is InChI=1S/C92H110Cl2N8O25/c1-7-19-96-20-21-121-55-14-12-53(13-15-55)97-91(120)98-72(110)34-52-31-64(107)77(101-86(116)45(8-2)22-41(3)4)79(111)47-10-17-67(60(93)29-47)123-69-32-51-33-70(83(69)127-90-84(82(114)81(113)71(40-103)125-90)126-73-39-92(6,95)85(115)42(5)122-73)124-68-18-11-48(30-61(68)94)80(112)78-89(119)100-76(66(109)37-56-49-24-43-23-44(26-49)27-50(56)25-43)59-35-54(104)36-63(106)74(59)58-28-46(9-16-62(58)105)57(88(118)102-78)38-65(108)75(51)99-87(52)117/h9-18,28-30,32-33,35-36,41-45,49-50,52,56-57,71,73,75-82,84-85,90,96,103-106,111-115H,7-8,19-27,31,34,37-40,95H2,1-6H3,(H,99,117)(H,100,119)(H,101,116)(H,102,118)(H2,97,98,110,120)/t42-,43?,44?,45+,49?,50?,52-,56?,57+,71+,73-,75+,76-,77-,78-,79+,80+,81+,82-,84+,85+,90-,92-/m0/s1. The summed E-state index contributed by atoms with van der Waals surface area (Å²) in [4.78, 5) is 140. The minimum atomic E-state index is -2.26. The molecular weight excluding hydrogens is 1690 g/mol. The number of Topliss-reactive ketones (excluding diaryl/α,β-unsaturated/α-hetero) is 3. The van der Waals surface area contributed by atoms with Crippen molar-refractivity contribution in [2.45, 2.75) is 222 Å². The Hall–Kier alpha value is -10.1. The summed E-state index contributed by atoms with van der Waals surface area (Å²) < 4.78 is 45.1. The van der Waals surface area contributed by atoms with Gasteiger partial charge in [0.2, 0.25) is 41.6 Å². The summed E-state index contributed by atoms with van der Waals surface area (Å²) >= 11 is 14.6. The molecule has 17 rings (SSSR count). The maximum Gasteiger partial charge on any atom is 0.325 e. The van der Waals surface area contributed by atoms with E-state index >= 15 is 28.8 Å². The fraction of sp³-hybridized carbons (Fsp3) is 0.511.